The van der Waals surface area contributed by atoms with E-state index in [1.165, 1.54) is 14.2 Å². The first-order chi connectivity index (χ1) is 9.53. The molecule has 1 unspecified atom stereocenters. The van der Waals surface area contributed by atoms with Crippen LogP contribution in [0.3, 0.4) is 0 Å². The zero-order valence-corrected chi connectivity index (χ0v) is 10.8. The minimum absolute atomic E-state index is 0.0276. The van der Waals surface area contributed by atoms with Crippen molar-refractivity contribution in [3.63, 3.8) is 0 Å². The molecule has 2 saturated heterocycles. The summed E-state index contributed by atoms with van der Waals surface area (Å²) in [4.78, 5) is 28.8. The van der Waals surface area contributed by atoms with Crippen LogP contribution >= 0.6 is 0 Å². The highest BCUT2D eigenvalue weighted by molar-refractivity contribution is 6.38. The zero-order chi connectivity index (χ0) is 14.5. The molecule has 0 saturated carbocycles. The van der Waals surface area contributed by atoms with Crippen LogP contribution in [-0.2, 0) is 33.4 Å². The molecular formula is C11H13NO8. The number of ether oxygens (including phenoxy) is 4. The van der Waals surface area contributed by atoms with Gasteiger partial charge in [-0.05, 0) is 0 Å². The van der Waals surface area contributed by atoms with Gasteiger partial charge in [0.1, 0.15) is 0 Å². The summed E-state index contributed by atoms with van der Waals surface area (Å²) in [7, 11) is 2.39. The lowest BCUT2D eigenvalue weighted by Crippen LogP contribution is -2.46. The third-order valence-electron chi connectivity index (χ3n) is 3.71. The summed E-state index contributed by atoms with van der Waals surface area (Å²) in [6.07, 6.45) is -3.19. The molecule has 1 N–H and O–H groups in total. The van der Waals surface area contributed by atoms with E-state index in [0.29, 0.717) is 0 Å². The monoisotopic (exact) mass is 287 g/mol. The van der Waals surface area contributed by atoms with Gasteiger partial charge < -0.3 is 28.9 Å². The number of methoxy groups -OCH3 is 2. The summed E-state index contributed by atoms with van der Waals surface area (Å²) in [5, 5.41) is 13.3. The van der Waals surface area contributed by atoms with Crippen LogP contribution in [0.15, 0.2) is 5.16 Å². The summed E-state index contributed by atoms with van der Waals surface area (Å²) < 4.78 is 19.8. The quantitative estimate of drug-likeness (QED) is 0.613. The molecule has 9 nitrogen and oxygen atoms in total. The van der Waals surface area contributed by atoms with Gasteiger partial charge in [-0.25, -0.2) is 9.59 Å². The molecular weight excluding hydrogens is 274 g/mol. The molecule has 0 bridgehead atoms. The highest BCUT2D eigenvalue weighted by Gasteiger charge is 2.72. The number of esters is 2. The number of carbonyl (C=O) groups is 2. The van der Waals surface area contributed by atoms with E-state index in [9.17, 15) is 14.7 Å². The predicted octanol–water partition coefficient (Wildman–Crippen LogP) is -1.46. The molecule has 0 radical (unpaired) electrons. The minimum atomic E-state index is -1.21. The maximum absolute atomic E-state index is 11.8. The molecule has 0 amide bonds. The maximum Gasteiger partial charge on any atom is 0.356 e. The third kappa shape index (κ3) is 1.57. The van der Waals surface area contributed by atoms with E-state index in [4.69, 9.17) is 14.3 Å². The molecule has 0 aromatic carbocycles. The van der Waals surface area contributed by atoms with Gasteiger partial charge in [0, 0.05) is 6.42 Å². The zero-order valence-electron chi connectivity index (χ0n) is 10.8. The highest BCUT2D eigenvalue weighted by atomic mass is 16.8. The van der Waals surface area contributed by atoms with Crippen molar-refractivity contribution in [2.45, 2.75) is 30.7 Å². The van der Waals surface area contributed by atoms with Gasteiger partial charge in [-0.15, -0.1) is 0 Å². The van der Waals surface area contributed by atoms with Crippen molar-refractivity contribution < 1.29 is 38.5 Å². The van der Waals surface area contributed by atoms with Crippen molar-refractivity contribution in [3.8, 4) is 0 Å². The van der Waals surface area contributed by atoms with E-state index >= 15 is 0 Å². The normalized spacial score (nSPS) is 41.5. The van der Waals surface area contributed by atoms with Gasteiger partial charge in [0.15, 0.2) is 18.1 Å². The van der Waals surface area contributed by atoms with Gasteiger partial charge in [0.25, 0.3) is 0 Å². The Balaban J connectivity index is 1.98. The molecule has 0 aromatic rings. The second-order valence-electron chi connectivity index (χ2n) is 4.70. The van der Waals surface area contributed by atoms with Crippen molar-refractivity contribution >= 4 is 17.7 Å². The van der Waals surface area contributed by atoms with Crippen LogP contribution in [0.1, 0.15) is 6.42 Å². The number of nitrogens with zero attached hydrogens (tertiary/aromatic N) is 1. The third-order valence-corrected chi connectivity index (χ3v) is 3.71. The molecule has 3 heterocycles. The Morgan fingerprint density at radius 3 is 2.75 bits per heavy atom. The topological polar surface area (TPSA) is 113 Å². The van der Waals surface area contributed by atoms with Crippen molar-refractivity contribution in [3.05, 3.63) is 0 Å². The number of carbonyl (C=O) groups excluding carboxylic acids is 2. The predicted molar refractivity (Wildman–Crippen MR) is 59.1 cm³/mol. The first-order valence-corrected chi connectivity index (χ1v) is 5.94. The maximum atomic E-state index is 11.8. The Morgan fingerprint density at radius 2 is 2.10 bits per heavy atom. The minimum Gasteiger partial charge on any atom is -0.467 e. The fraction of sp³-hybridized carbons (Fsp3) is 0.727. The molecule has 0 aromatic heterocycles. The standard InChI is InChI=1S/C11H13NO8/c1-16-8(14)6-5-7(9(15)17-2)19-10-11(5,20-12-6)3-4(13)18-10/h4-5,7,10,13H,3H2,1-2H3/t4-,5-,7-,10-,11?/m0/s1. The fourth-order valence-corrected chi connectivity index (χ4v) is 2.84. The van der Waals surface area contributed by atoms with Crippen LogP contribution in [0, 0.1) is 5.92 Å². The van der Waals surface area contributed by atoms with E-state index in [1.807, 2.05) is 0 Å². The van der Waals surface area contributed by atoms with Gasteiger partial charge in [-0.3, -0.25) is 0 Å². The molecule has 1 spiro atoms. The molecule has 3 aliphatic heterocycles. The van der Waals surface area contributed by atoms with E-state index < -0.39 is 42.1 Å². The smallest absolute Gasteiger partial charge is 0.356 e. The number of rotatable bonds is 2. The second-order valence-corrected chi connectivity index (χ2v) is 4.70. The van der Waals surface area contributed by atoms with Crippen molar-refractivity contribution in [1.82, 2.24) is 0 Å². The Kier molecular flexibility index (Phi) is 2.92. The molecule has 3 rings (SSSR count). The molecule has 3 aliphatic rings. The average Bonchev–Trinajstić information content (AvgIpc) is 3.03. The lowest BCUT2D eigenvalue weighted by molar-refractivity contribution is -0.213. The summed E-state index contributed by atoms with van der Waals surface area (Å²) in [6, 6.07) is 0. The van der Waals surface area contributed by atoms with Crippen LogP contribution in [0.5, 0.6) is 0 Å². The van der Waals surface area contributed by atoms with Crippen LogP contribution in [-0.4, -0.2) is 61.3 Å². The average molecular weight is 287 g/mol. The lowest BCUT2D eigenvalue weighted by Gasteiger charge is -2.22. The first kappa shape index (κ1) is 13.3. The number of aliphatic hydroxyl groups is 1. The summed E-state index contributed by atoms with van der Waals surface area (Å²) in [5.74, 6) is -2.25. The Morgan fingerprint density at radius 1 is 1.35 bits per heavy atom. The van der Waals surface area contributed by atoms with Gasteiger partial charge >= 0.3 is 11.9 Å². The molecule has 110 valence electrons. The fourth-order valence-electron chi connectivity index (χ4n) is 2.84. The SMILES string of the molecule is COC(=O)C1=NOC23C[C@@H](O)O[C@H]2O[C@H](C(=O)OC)[C@H]13. The van der Waals surface area contributed by atoms with Crippen LogP contribution in [0.25, 0.3) is 0 Å². The van der Waals surface area contributed by atoms with Crippen LogP contribution in [0.2, 0.25) is 0 Å². The van der Waals surface area contributed by atoms with Gasteiger partial charge in [-0.1, -0.05) is 5.16 Å². The van der Waals surface area contributed by atoms with Gasteiger partial charge in [-0.2, -0.15) is 0 Å². The van der Waals surface area contributed by atoms with Gasteiger partial charge in [0.05, 0.1) is 20.1 Å². The molecule has 0 aliphatic carbocycles. The second kappa shape index (κ2) is 4.40. The van der Waals surface area contributed by atoms with Crippen molar-refractivity contribution in [1.29, 1.82) is 0 Å². The Bertz CT molecular complexity index is 491. The highest BCUT2D eigenvalue weighted by Crippen LogP contribution is 2.51. The molecule has 2 fully saturated rings. The number of oxime groups is 1. The lowest BCUT2D eigenvalue weighted by atomic mass is 9.81. The van der Waals surface area contributed by atoms with E-state index in [0.717, 1.165) is 0 Å². The largest absolute Gasteiger partial charge is 0.467 e. The van der Waals surface area contributed by atoms with Crippen LogP contribution in [0.4, 0.5) is 0 Å². The van der Waals surface area contributed by atoms with Gasteiger partial charge in [0.2, 0.25) is 11.9 Å². The molecule has 9 heteroatoms. The summed E-state index contributed by atoms with van der Waals surface area (Å²) in [5.41, 5.74) is -1.29. The molecule has 5 atom stereocenters. The van der Waals surface area contributed by atoms with E-state index in [2.05, 4.69) is 14.6 Å². The van der Waals surface area contributed by atoms with Crippen molar-refractivity contribution in [2.75, 3.05) is 14.2 Å². The van der Waals surface area contributed by atoms with E-state index in [1.54, 1.807) is 0 Å². The Hall–Kier alpha value is -1.71. The van der Waals surface area contributed by atoms with E-state index in [-0.39, 0.29) is 12.1 Å². The number of hydrogen-bond donors (Lipinski definition) is 1. The summed E-state index contributed by atoms with van der Waals surface area (Å²) in [6.45, 7) is 0. The molecule has 20 heavy (non-hydrogen) atoms. The van der Waals surface area contributed by atoms with Crippen LogP contribution < -0.4 is 0 Å². The number of hydrogen-bond acceptors (Lipinski definition) is 9. The van der Waals surface area contributed by atoms with Crippen molar-refractivity contribution in [2.24, 2.45) is 11.1 Å². The number of aliphatic hydroxyl groups excluding tert-OH is 1. The first-order valence-electron chi connectivity index (χ1n) is 5.94. The Labute approximate surface area is 113 Å². The summed E-state index contributed by atoms with van der Waals surface area (Å²) >= 11 is 0.